The Morgan fingerprint density at radius 3 is 1.26 bits per heavy atom. The van der Waals surface area contributed by atoms with Crippen molar-refractivity contribution in [1.29, 1.82) is 0 Å². The van der Waals surface area contributed by atoms with Crippen molar-refractivity contribution in [3.63, 3.8) is 0 Å². The highest BCUT2D eigenvalue weighted by Gasteiger charge is 2.56. The number of hydrogen-bond donors (Lipinski definition) is 0. The molecule has 2 fully saturated rings. The van der Waals surface area contributed by atoms with Crippen molar-refractivity contribution in [1.82, 2.24) is 0 Å². The molecule has 2 aromatic rings. The SMILES string of the molecule is c1ccc(C2(SC3(c4ccccc4)CC3)CC2)cc1. The molecule has 0 unspecified atom stereocenters. The maximum absolute atomic E-state index is 2.31. The number of rotatable bonds is 4. The second-order valence-corrected chi connectivity index (χ2v) is 7.59. The lowest BCUT2D eigenvalue weighted by molar-refractivity contribution is 0.960. The molecule has 0 bridgehead atoms. The van der Waals surface area contributed by atoms with Crippen LogP contribution in [-0.2, 0) is 9.49 Å². The molecule has 0 spiro atoms. The first-order chi connectivity index (χ1) is 9.33. The molecule has 0 saturated heterocycles. The summed E-state index contributed by atoms with van der Waals surface area (Å²) in [5.41, 5.74) is 3.06. The van der Waals surface area contributed by atoms with Crippen LogP contribution in [0.2, 0.25) is 0 Å². The average Bonchev–Trinajstić information content (AvgIpc) is 3.40. The van der Waals surface area contributed by atoms with E-state index in [4.69, 9.17) is 0 Å². The summed E-state index contributed by atoms with van der Waals surface area (Å²) in [7, 11) is 0. The zero-order valence-electron chi connectivity index (χ0n) is 11.0. The molecule has 1 heteroatoms. The predicted octanol–water partition coefficient (Wildman–Crippen LogP) is 5.10. The molecule has 19 heavy (non-hydrogen) atoms. The largest absolute Gasteiger partial charge is 0.139 e. The molecule has 0 nitrogen and oxygen atoms in total. The van der Waals surface area contributed by atoms with E-state index in [0.717, 1.165) is 0 Å². The Morgan fingerprint density at radius 1 is 0.579 bits per heavy atom. The molecule has 2 aromatic carbocycles. The fourth-order valence-electron chi connectivity index (χ4n) is 2.98. The van der Waals surface area contributed by atoms with Gasteiger partial charge in [-0.25, -0.2) is 0 Å². The lowest BCUT2D eigenvalue weighted by atomic mass is 10.1. The van der Waals surface area contributed by atoms with Gasteiger partial charge in [-0.2, -0.15) is 0 Å². The Balaban J connectivity index is 1.63. The van der Waals surface area contributed by atoms with Gasteiger partial charge in [-0.05, 0) is 36.8 Å². The summed E-state index contributed by atoms with van der Waals surface area (Å²) in [5.74, 6) is 0. The summed E-state index contributed by atoms with van der Waals surface area (Å²) in [5, 5.41) is 0. The fourth-order valence-corrected chi connectivity index (χ4v) is 4.85. The van der Waals surface area contributed by atoms with Gasteiger partial charge in [-0.1, -0.05) is 60.7 Å². The first-order valence-electron chi connectivity index (χ1n) is 7.14. The molecule has 0 heterocycles. The lowest BCUT2D eigenvalue weighted by Crippen LogP contribution is -2.10. The van der Waals surface area contributed by atoms with Crippen molar-refractivity contribution in [3.05, 3.63) is 71.8 Å². The van der Waals surface area contributed by atoms with Crippen molar-refractivity contribution in [2.24, 2.45) is 0 Å². The molecule has 2 aliphatic carbocycles. The van der Waals surface area contributed by atoms with Crippen LogP contribution >= 0.6 is 11.8 Å². The summed E-state index contributed by atoms with van der Waals surface area (Å²) >= 11 is 2.23. The molecule has 2 aliphatic rings. The molecule has 4 rings (SSSR count). The molecule has 0 amide bonds. The highest BCUT2D eigenvalue weighted by Crippen LogP contribution is 2.70. The van der Waals surface area contributed by atoms with Crippen LogP contribution in [-0.4, -0.2) is 0 Å². The monoisotopic (exact) mass is 266 g/mol. The van der Waals surface area contributed by atoms with Crippen LogP contribution in [0, 0.1) is 0 Å². The van der Waals surface area contributed by atoms with Gasteiger partial charge in [-0.3, -0.25) is 0 Å². The highest BCUT2D eigenvalue weighted by molar-refractivity contribution is 8.01. The molecular formula is C18H18S. The van der Waals surface area contributed by atoms with E-state index in [9.17, 15) is 0 Å². The average molecular weight is 266 g/mol. The van der Waals surface area contributed by atoms with Gasteiger partial charge in [-0.15, -0.1) is 11.8 Å². The zero-order valence-corrected chi connectivity index (χ0v) is 11.8. The van der Waals surface area contributed by atoms with Crippen LogP contribution in [0.3, 0.4) is 0 Å². The second kappa shape index (κ2) is 4.14. The van der Waals surface area contributed by atoms with E-state index in [-0.39, 0.29) is 0 Å². The molecule has 2 saturated carbocycles. The normalized spacial score (nSPS) is 21.9. The Labute approximate surface area is 119 Å². The van der Waals surface area contributed by atoms with E-state index in [2.05, 4.69) is 72.4 Å². The molecule has 0 N–H and O–H groups in total. The van der Waals surface area contributed by atoms with Crippen LogP contribution in [0.25, 0.3) is 0 Å². The second-order valence-electron chi connectivity index (χ2n) is 5.82. The van der Waals surface area contributed by atoms with Gasteiger partial charge in [0.25, 0.3) is 0 Å². The zero-order chi connectivity index (χ0) is 12.8. The van der Waals surface area contributed by atoms with E-state index in [1.54, 1.807) is 0 Å². The van der Waals surface area contributed by atoms with Gasteiger partial charge in [0.2, 0.25) is 0 Å². The van der Waals surface area contributed by atoms with E-state index in [1.807, 2.05) is 0 Å². The number of benzene rings is 2. The van der Waals surface area contributed by atoms with Gasteiger partial charge in [0.15, 0.2) is 0 Å². The van der Waals surface area contributed by atoms with Gasteiger partial charge < -0.3 is 0 Å². The lowest BCUT2D eigenvalue weighted by Gasteiger charge is -2.23. The van der Waals surface area contributed by atoms with E-state index < -0.39 is 0 Å². The quantitative estimate of drug-likeness (QED) is 0.742. The highest BCUT2D eigenvalue weighted by atomic mass is 32.2. The maximum Gasteiger partial charge on any atom is 0.0418 e. The molecule has 0 aliphatic heterocycles. The Kier molecular flexibility index (Phi) is 2.53. The fraction of sp³-hybridized carbons (Fsp3) is 0.333. The van der Waals surface area contributed by atoms with E-state index >= 15 is 0 Å². The summed E-state index contributed by atoms with van der Waals surface area (Å²) in [4.78, 5) is 0. The Bertz CT molecular complexity index is 512. The third-order valence-electron chi connectivity index (χ3n) is 4.40. The first kappa shape index (κ1) is 11.6. The standard InChI is InChI=1S/C18H18S/c1-3-7-15(8-4-1)17(11-12-17)19-18(13-14-18)16-9-5-2-6-10-16/h1-10H,11-14H2. The summed E-state index contributed by atoms with van der Waals surface area (Å²) in [6.45, 7) is 0. The van der Waals surface area contributed by atoms with Crippen LogP contribution in [0.5, 0.6) is 0 Å². The smallest absolute Gasteiger partial charge is 0.0418 e. The molecule has 0 atom stereocenters. The van der Waals surface area contributed by atoms with Crippen molar-refractivity contribution < 1.29 is 0 Å². The van der Waals surface area contributed by atoms with Crippen LogP contribution in [0.1, 0.15) is 36.8 Å². The van der Waals surface area contributed by atoms with Crippen LogP contribution in [0.4, 0.5) is 0 Å². The maximum atomic E-state index is 2.31. The molecule has 0 aromatic heterocycles. The van der Waals surface area contributed by atoms with E-state index in [0.29, 0.717) is 9.49 Å². The van der Waals surface area contributed by atoms with Crippen molar-refractivity contribution in [3.8, 4) is 0 Å². The van der Waals surface area contributed by atoms with Crippen LogP contribution in [0.15, 0.2) is 60.7 Å². The topological polar surface area (TPSA) is 0 Å². The van der Waals surface area contributed by atoms with Gasteiger partial charge >= 0.3 is 0 Å². The third-order valence-corrected chi connectivity index (χ3v) is 6.47. The van der Waals surface area contributed by atoms with Crippen molar-refractivity contribution in [2.45, 2.75) is 35.2 Å². The summed E-state index contributed by atoms with van der Waals surface area (Å²) < 4.78 is 0.821. The minimum absolute atomic E-state index is 0.410. The Morgan fingerprint density at radius 2 is 0.947 bits per heavy atom. The first-order valence-corrected chi connectivity index (χ1v) is 7.96. The van der Waals surface area contributed by atoms with Crippen molar-refractivity contribution in [2.75, 3.05) is 0 Å². The van der Waals surface area contributed by atoms with Crippen LogP contribution < -0.4 is 0 Å². The minimum atomic E-state index is 0.410. The molecule has 0 radical (unpaired) electrons. The van der Waals surface area contributed by atoms with Crippen molar-refractivity contribution >= 4 is 11.8 Å². The Hall–Kier alpha value is -1.21. The molecular weight excluding hydrogens is 248 g/mol. The van der Waals surface area contributed by atoms with Gasteiger partial charge in [0, 0.05) is 9.49 Å². The van der Waals surface area contributed by atoms with E-state index in [1.165, 1.54) is 36.8 Å². The molecule has 96 valence electrons. The number of hydrogen-bond acceptors (Lipinski definition) is 1. The van der Waals surface area contributed by atoms with Gasteiger partial charge in [0.1, 0.15) is 0 Å². The minimum Gasteiger partial charge on any atom is -0.139 e. The third kappa shape index (κ3) is 2.01. The number of thioether (sulfide) groups is 1. The summed E-state index contributed by atoms with van der Waals surface area (Å²) in [6, 6.07) is 22.2. The van der Waals surface area contributed by atoms with Gasteiger partial charge in [0.05, 0.1) is 0 Å². The summed E-state index contributed by atoms with van der Waals surface area (Å²) in [6.07, 6.45) is 5.37. The predicted molar refractivity (Wildman–Crippen MR) is 82.3 cm³/mol.